The molecule has 1 aliphatic heterocycles. The van der Waals surface area contributed by atoms with E-state index in [1.165, 1.54) is 0 Å². The molecule has 1 amide bonds. The van der Waals surface area contributed by atoms with Gasteiger partial charge in [-0.15, -0.1) is 0 Å². The van der Waals surface area contributed by atoms with Crippen LogP contribution in [0.1, 0.15) is 36.3 Å². The minimum atomic E-state index is -0.0235. The monoisotopic (exact) mass is 442 g/mol. The molecule has 7 nitrogen and oxygen atoms in total. The van der Waals surface area contributed by atoms with Crippen LogP contribution in [0.25, 0.3) is 11.1 Å². The molecule has 0 bridgehead atoms. The second-order valence-electron chi connectivity index (χ2n) is 8.72. The Morgan fingerprint density at radius 1 is 1.21 bits per heavy atom. The molecule has 1 aromatic heterocycles. The van der Waals surface area contributed by atoms with Crippen LogP contribution in [-0.2, 0) is 16.6 Å². The summed E-state index contributed by atoms with van der Waals surface area (Å²) in [5.74, 6) is 0.847. The number of anilines is 1. The quantitative estimate of drug-likeness (QED) is 0.616. The lowest BCUT2D eigenvalue weighted by Gasteiger charge is -2.23. The van der Waals surface area contributed by atoms with Crippen LogP contribution in [0.15, 0.2) is 54.9 Å². The van der Waals surface area contributed by atoms with Gasteiger partial charge < -0.3 is 14.8 Å². The first-order valence-electron chi connectivity index (χ1n) is 11.3. The summed E-state index contributed by atoms with van der Waals surface area (Å²) in [7, 11) is 1.88. The van der Waals surface area contributed by atoms with Crippen molar-refractivity contribution in [3.05, 3.63) is 66.0 Å². The van der Waals surface area contributed by atoms with E-state index < -0.39 is 0 Å². The van der Waals surface area contributed by atoms with Gasteiger partial charge in [-0.3, -0.25) is 9.48 Å². The fraction of sp³-hybridized carbons (Fsp3) is 0.346. The van der Waals surface area contributed by atoms with E-state index in [0.29, 0.717) is 24.5 Å². The standard InChI is InChI=1S/C26H26N4O3/c1-30-16-20(15-28-30)23-13-24(23)26(31)29-21-4-2-3-17(12-21)18-5-6-25(19(11-18)14-27)33-22-7-9-32-10-8-22/h2-6,11-12,15-16,22-24H,7-10,13H2,1H3,(H,29,31)/t23-,24+/m0/s1. The molecule has 33 heavy (non-hydrogen) atoms. The highest BCUT2D eigenvalue weighted by molar-refractivity contribution is 5.95. The highest BCUT2D eigenvalue weighted by atomic mass is 16.5. The Kier molecular flexibility index (Phi) is 5.84. The highest BCUT2D eigenvalue weighted by Gasteiger charge is 2.44. The second kappa shape index (κ2) is 9.08. The minimum Gasteiger partial charge on any atom is -0.489 e. The van der Waals surface area contributed by atoms with Crippen molar-refractivity contribution in [1.29, 1.82) is 5.26 Å². The Morgan fingerprint density at radius 2 is 2.03 bits per heavy atom. The molecule has 0 radical (unpaired) electrons. The lowest BCUT2D eigenvalue weighted by molar-refractivity contribution is -0.117. The number of benzene rings is 2. The molecular formula is C26H26N4O3. The number of nitrogens with one attached hydrogen (secondary N) is 1. The van der Waals surface area contributed by atoms with Crippen molar-refractivity contribution in [2.75, 3.05) is 18.5 Å². The first kappa shape index (κ1) is 21.2. The topological polar surface area (TPSA) is 89.2 Å². The summed E-state index contributed by atoms with van der Waals surface area (Å²) in [6.45, 7) is 1.37. The summed E-state index contributed by atoms with van der Waals surface area (Å²) in [5, 5.41) is 16.9. The number of nitriles is 1. The maximum Gasteiger partial charge on any atom is 0.228 e. The van der Waals surface area contributed by atoms with Crippen molar-refractivity contribution in [2.45, 2.75) is 31.3 Å². The average molecular weight is 443 g/mol. The third-order valence-electron chi connectivity index (χ3n) is 6.31. The Hall–Kier alpha value is -3.63. The first-order chi connectivity index (χ1) is 16.1. The summed E-state index contributed by atoms with van der Waals surface area (Å²) in [6.07, 6.45) is 6.39. The van der Waals surface area contributed by atoms with E-state index in [9.17, 15) is 10.1 Å². The predicted molar refractivity (Wildman–Crippen MR) is 124 cm³/mol. The molecule has 0 unspecified atom stereocenters. The molecule has 1 saturated heterocycles. The van der Waals surface area contributed by atoms with Gasteiger partial charge in [0.25, 0.3) is 0 Å². The van der Waals surface area contributed by atoms with E-state index in [0.717, 1.165) is 41.6 Å². The number of carbonyl (C=O) groups excluding carboxylic acids is 1. The van der Waals surface area contributed by atoms with Gasteiger partial charge in [-0.2, -0.15) is 10.4 Å². The third-order valence-corrected chi connectivity index (χ3v) is 6.31. The van der Waals surface area contributed by atoms with Gasteiger partial charge in [0.05, 0.1) is 25.0 Å². The molecule has 0 spiro atoms. The molecule has 2 aliphatic rings. The average Bonchev–Trinajstić information content (AvgIpc) is 3.53. The maximum absolute atomic E-state index is 12.7. The Balaban J connectivity index is 1.27. The Labute approximate surface area is 192 Å². The number of aryl methyl sites for hydroxylation is 1. The summed E-state index contributed by atoms with van der Waals surface area (Å²) in [6, 6.07) is 15.6. The van der Waals surface area contributed by atoms with Crippen molar-refractivity contribution in [1.82, 2.24) is 9.78 Å². The van der Waals surface area contributed by atoms with Gasteiger partial charge in [-0.1, -0.05) is 18.2 Å². The first-order valence-corrected chi connectivity index (χ1v) is 11.3. The van der Waals surface area contributed by atoms with E-state index in [-0.39, 0.29) is 23.8 Å². The van der Waals surface area contributed by atoms with Gasteiger partial charge in [0.1, 0.15) is 17.9 Å². The largest absolute Gasteiger partial charge is 0.489 e. The third kappa shape index (κ3) is 4.76. The number of ether oxygens (including phenoxy) is 2. The fourth-order valence-electron chi connectivity index (χ4n) is 4.37. The van der Waals surface area contributed by atoms with Crippen LogP contribution in [0, 0.1) is 17.2 Å². The number of hydrogen-bond acceptors (Lipinski definition) is 5. The van der Waals surface area contributed by atoms with Gasteiger partial charge >= 0.3 is 0 Å². The number of rotatable bonds is 6. The molecule has 1 saturated carbocycles. The number of aromatic nitrogens is 2. The molecule has 3 aromatic rings. The molecule has 1 aliphatic carbocycles. The van der Waals surface area contributed by atoms with Crippen molar-refractivity contribution in [3.8, 4) is 22.9 Å². The fourth-order valence-corrected chi connectivity index (χ4v) is 4.37. The van der Waals surface area contributed by atoms with Gasteiger partial charge in [-0.05, 0) is 53.3 Å². The van der Waals surface area contributed by atoms with Crippen LogP contribution in [0.5, 0.6) is 5.75 Å². The summed E-state index contributed by atoms with van der Waals surface area (Å²) < 4.78 is 13.2. The van der Waals surface area contributed by atoms with Gasteiger partial charge in [0.15, 0.2) is 0 Å². The molecule has 2 aromatic carbocycles. The van der Waals surface area contributed by atoms with Crippen molar-refractivity contribution in [2.24, 2.45) is 13.0 Å². The van der Waals surface area contributed by atoms with Crippen LogP contribution < -0.4 is 10.1 Å². The predicted octanol–water partition coefficient (Wildman–Crippen LogP) is 4.26. The Morgan fingerprint density at radius 3 is 2.79 bits per heavy atom. The molecule has 2 atom stereocenters. The maximum atomic E-state index is 12.7. The van der Waals surface area contributed by atoms with Crippen LogP contribution in [0.2, 0.25) is 0 Å². The second-order valence-corrected chi connectivity index (χ2v) is 8.72. The van der Waals surface area contributed by atoms with Crippen molar-refractivity contribution < 1.29 is 14.3 Å². The highest BCUT2D eigenvalue weighted by Crippen LogP contribution is 2.47. The van der Waals surface area contributed by atoms with E-state index in [2.05, 4.69) is 16.5 Å². The van der Waals surface area contributed by atoms with E-state index >= 15 is 0 Å². The van der Waals surface area contributed by atoms with Gasteiger partial charge in [0.2, 0.25) is 5.91 Å². The molecule has 5 rings (SSSR count). The SMILES string of the molecule is Cn1cc([C@@H]2C[C@H]2C(=O)Nc2cccc(-c3ccc(OC4CCOCC4)c(C#N)c3)c2)cn1. The zero-order chi connectivity index (χ0) is 22.8. The van der Waals surface area contributed by atoms with Gasteiger partial charge in [0, 0.05) is 37.7 Å². The summed E-state index contributed by atoms with van der Waals surface area (Å²) >= 11 is 0. The number of carbonyl (C=O) groups is 1. The Bertz CT molecular complexity index is 1210. The summed E-state index contributed by atoms with van der Waals surface area (Å²) in [5.41, 5.74) is 4.20. The summed E-state index contributed by atoms with van der Waals surface area (Å²) in [4.78, 5) is 12.7. The number of hydrogen-bond donors (Lipinski definition) is 1. The zero-order valence-electron chi connectivity index (χ0n) is 18.5. The lowest BCUT2D eigenvalue weighted by atomic mass is 10.0. The smallest absolute Gasteiger partial charge is 0.228 e. The number of nitrogens with zero attached hydrogens (tertiary/aromatic N) is 3. The van der Waals surface area contributed by atoms with Crippen LogP contribution in [0.3, 0.4) is 0 Å². The molecule has 168 valence electrons. The minimum absolute atomic E-state index is 0.0235. The lowest BCUT2D eigenvalue weighted by Crippen LogP contribution is -2.26. The number of amides is 1. The van der Waals surface area contributed by atoms with E-state index in [1.54, 1.807) is 4.68 Å². The van der Waals surface area contributed by atoms with Crippen LogP contribution in [-0.4, -0.2) is 35.0 Å². The van der Waals surface area contributed by atoms with Crippen LogP contribution in [0.4, 0.5) is 5.69 Å². The van der Waals surface area contributed by atoms with E-state index in [4.69, 9.17) is 9.47 Å². The molecule has 2 heterocycles. The molecular weight excluding hydrogens is 416 g/mol. The van der Waals surface area contributed by atoms with Crippen LogP contribution >= 0.6 is 0 Å². The van der Waals surface area contributed by atoms with E-state index in [1.807, 2.05) is 61.9 Å². The molecule has 7 heteroatoms. The zero-order valence-corrected chi connectivity index (χ0v) is 18.5. The molecule has 2 fully saturated rings. The normalized spacial score (nSPS) is 20.1. The molecule has 1 N–H and O–H groups in total. The van der Waals surface area contributed by atoms with Crippen molar-refractivity contribution >= 4 is 11.6 Å². The van der Waals surface area contributed by atoms with Crippen molar-refractivity contribution in [3.63, 3.8) is 0 Å². The van der Waals surface area contributed by atoms with Gasteiger partial charge in [-0.25, -0.2) is 0 Å².